The summed E-state index contributed by atoms with van der Waals surface area (Å²) in [6.07, 6.45) is 7.43. The second-order valence-corrected chi connectivity index (χ2v) is 7.95. The van der Waals surface area contributed by atoms with Crippen LogP contribution in [0.15, 0.2) is 18.5 Å². The van der Waals surface area contributed by atoms with Gasteiger partial charge in [-0.05, 0) is 30.7 Å². The fourth-order valence-electron chi connectivity index (χ4n) is 3.45. The Morgan fingerprint density at radius 3 is 2.59 bits per heavy atom. The Labute approximate surface area is 131 Å². The SMILES string of the molecule is CS(=O)(=O)N[C@@H]1COCCC12CCN(c1ncccn1)CC2. The Hall–Kier alpha value is -1.25. The summed E-state index contributed by atoms with van der Waals surface area (Å²) in [5.41, 5.74) is -0.0212. The highest BCUT2D eigenvalue weighted by atomic mass is 32.2. The van der Waals surface area contributed by atoms with Crippen molar-refractivity contribution in [2.45, 2.75) is 25.3 Å². The van der Waals surface area contributed by atoms with E-state index in [1.165, 1.54) is 6.26 Å². The minimum absolute atomic E-state index is 0.0212. The fraction of sp³-hybridized carbons (Fsp3) is 0.714. The molecule has 1 atom stereocenters. The van der Waals surface area contributed by atoms with Crippen LogP contribution in [-0.2, 0) is 14.8 Å². The van der Waals surface area contributed by atoms with E-state index in [0.29, 0.717) is 13.2 Å². The van der Waals surface area contributed by atoms with Crippen LogP contribution in [0.25, 0.3) is 0 Å². The van der Waals surface area contributed by atoms with Crippen molar-refractivity contribution in [3.8, 4) is 0 Å². The second kappa shape index (κ2) is 6.10. The highest BCUT2D eigenvalue weighted by Gasteiger charge is 2.44. The molecule has 2 aliphatic rings. The van der Waals surface area contributed by atoms with Gasteiger partial charge in [0.15, 0.2) is 0 Å². The Morgan fingerprint density at radius 1 is 1.27 bits per heavy atom. The topological polar surface area (TPSA) is 84.4 Å². The van der Waals surface area contributed by atoms with Gasteiger partial charge in [0.2, 0.25) is 16.0 Å². The smallest absolute Gasteiger partial charge is 0.225 e. The molecule has 3 rings (SSSR count). The molecule has 0 radical (unpaired) electrons. The Balaban J connectivity index is 1.71. The van der Waals surface area contributed by atoms with Gasteiger partial charge in [0.05, 0.1) is 18.9 Å². The lowest BCUT2D eigenvalue weighted by Gasteiger charge is -2.48. The number of nitrogens with one attached hydrogen (secondary N) is 1. The second-order valence-electron chi connectivity index (χ2n) is 6.17. The minimum Gasteiger partial charge on any atom is -0.380 e. The number of piperidine rings is 1. The van der Waals surface area contributed by atoms with E-state index in [4.69, 9.17) is 4.74 Å². The third kappa shape index (κ3) is 3.39. The van der Waals surface area contributed by atoms with Gasteiger partial charge >= 0.3 is 0 Å². The normalized spacial score (nSPS) is 25.3. The van der Waals surface area contributed by atoms with Crippen LogP contribution in [0.2, 0.25) is 0 Å². The summed E-state index contributed by atoms with van der Waals surface area (Å²) in [6.45, 7) is 2.83. The van der Waals surface area contributed by atoms with Crippen LogP contribution in [0.4, 0.5) is 5.95 Å². The van der Waals surface area contributed by atoms with Gasteiger partial charge in [0, 0.05) is 32.1 Å². The maximum Gasteiger partial charge on any atom is 0.225 e. The van der Waals surface area contributed by atoms with E-state index in [1.807, 2.05) is 0 Å². The number of aromatic nitrogens is 2. The average molecular weight is 326 g/mol. The van der Waals surface area contributed by atoms with Gasteiger partial charge in [-0.15, -0.1) is 0 Å². The first kappa shape index (κ1) is 15.6. The molecule has 122 valence electrons. The first-order valence-corrected chi connectivity index (χ1v) is 9.45. The molecule has 7 nitrogen and oxygen atoms in total. The highest BCUT2D eigenvalue weighted by Crippen LogP contribution is 2.41. The lowest BCUT2D eigenvalue weighted by Crippen LogP contribution is -2.57. The molecule has 0 aromatic carbocycles. The van der Waals surface area contributed by atoms with Crippen LogP contribution in [0.1, 0.15) is 19.3 Å². The molecule has 1 aromatic heterocycles. The molecule has 2 aliphatic heterocycles. The summed E-state index contributed by atoms with van der Waals surface area (Å²) in [4.78, 5) is 10.8. The minimum atomic E-state index is -3.23. The van der Waals surface area contributed by atoms with Gasteiger partial charge in [-0.1, -0.05) is 0 Å². The molecule has 1 aromatic rings. The molecule has 3 heterocycles. The van der Waals surface area contributed by atoms with Crippen molar-refractivity contribution < 1.29 is 13.2 Å². The summed E-state index contributed by atoms with van der Waals surface area (Å²) >= 11 is 0. The van der Waals surface area contributed by atoms with Crippen LogP contribution in [0.3, 0.4) is 0 Å². The number of nitrogens with zero attached hydrogens (tertiary/aromatic N) is 3. The molecular weight excluding hydrogens is 304 g/mol. The standard InChI is InChI=1S/C14H22N4O3S/c1-22(19,20)17-12-11-21-10-5-14(12)3-8-18(9-4-14)13-15-6-2-7-16-13/h2,6-7,12,17H,3-5,8-11H2,1H3/t12-/m1/s1. The lowest BCUT2D eigenvalue weighted by molar-refractivity contribution is -0.0233. The van der Waals surface area contributed by atoms with E-state index in [1.54, 1.807) is 18.5 Å². The summed E-state index contributed by atoms with van der Waals surface area (Å²) in [6, 6.07) is 1.66. The summed E-state index contributed by atoms with van der Waals surface area (Å²) in [5, 5.41) is 0. The predicted octanol–water partition coefficient (Wildman–Crippen LogP) is 0.401. The highest BCUT2D eigenvalue weighted by molar-refractivity contribution is 7.88. The monoisotopic (exact) mass is 326 g/mol. The molecular formula is C14H22N4O3S. The lowest BCUT2D eigenvalue weighted by atomic mass is 9.69. The number of rotatable bonds is 3. The van der Waals surface area contributed by atoms with Crippen molar-refractivity contribution in [3.05, 3.63) is 18.5 Å². The molecule has 2 saturated heterocycles. The fourth-order valence-corrected chi connectivity index (χ4v) is 4.28. The number of ether oxygens (including phenoxy) is 1. The molecule has 22 heavy (non-hydrogen) atoms. The number of hydrogen-bond donors (Lipinski definition) is 1. The van der Waals surface area contributed by atoms with E-state index < -0.39 is 10.0 Å². The average Bonchev–Trinajstić information content (AvgIpc) is 2.50. The van der Waals surface area contributed by atoms with Gasteiger partial charge in [0.25, 0.3) is 0 Å². The zero-order chi connectivity index (χ0) is 15.6. The predicted molar refractivity (Wildman–Crippen MR) is 83.1 cm³/mol. The van der Waals surface area contributed by atoms with Gasteiger partial charge in [-0.2, -0.15) is 0 Å². The van der Waals surface area contributed by atoms with Crippen LogP contribution >= 0.6 is 0 Å². The first-order valence-electron chi connectivity index (χ1n) is 7.56. The van der Waals surface area contributed by atoms with E-state index in [-0.39, 0.29) is 11.5 Å². The third-order valence-electron chi connectivity index (χ3n) is 4.72. The van der Waals surface area contributed by atoms with E-state index in [0.717, 1.165) is 38.3 Å². The third-order valence-corrected chi connectivity index (χ3v) is 5.43. The zero-order valence-electron chi connectivity index (χ0n) is 12.7. The molecule has 2 fully saturated rings. The largest absolute Gasteiger partial charge is 0.380 e. The van der Waals surface area contributed by atoms with Crippen molar-refractivity contribution in [2.75, 3.05) is 37.5 Å². The van der Waals surface area contributed by atoms with Gasteiger partial charge < -0.3 is 9.64 Å². The van der Waals surface area contributed by atoms with E-state index in [2.05, 4.69) is 19.6 Å². The molecule has 0 unspecified atom stereocenters. The summed E-state index contributed by atoms with van der Waals surface area (Å²) in [5.74, 6) is 0.747. The van der Waals surface area contributed by atoms with Gasteiger partial charge in [0.1, 0.15) is 0 Å². The molecule has 1 spiro atoms. The van der Waals surface area contributed by atoms with Gasteiger partial charge in [-0.25, -0.2) is 23.1 Å². The molecule has 0 bridgehead atoms. The van der Waals surface area contributed by atoms with Crippen LogP contribution in [0, 0.1) is 5.41 Å². The van der Waals surface area contributed by atoms with Crippen molar-refractivity contribution >= 4 is 16.0 Å². The van der Waals surface area contributed by atoms with Crippen LogP contribution in [-0.4, -0.2) is 57.0 Å². The number of anilines is 1. The van der Waals surface area contributed by atoms with Gasteiger partial charge in [-0.3, -0.25) is 0 Å². The first-order chi connectivity index (χ1) is 10.5. The molecule has 0 aliphatic carbocycles. The summed E-state index contributed by atoms with van der Waals surface area (Å²) < 4.78 is 31.5. The quantitative estimate of drug-likeness (QED) is 0.865. The molecule has 0 amide bonds. The van der Waals surface area contributed by atoms with Crippen molar-refractivity contribution in [3.63, 3.8) is 0 Å². The van der Waals surface area contributed by atoms with Crippen molar-refractivity contribution in [2.24, 2.45) is 5.41 Å². The molecule has 8 heteroatoms. The van der Waals surface area contributed by atoms with Crippen LogP contribution in [0.5, 0.6) is 0 Å². The van der Waals surface area contributed by atoms with Crippen molar-refractivity contribution in [1.29, 1.82) is 0 Å². The van der Waals surface area contributed by atoms with Crippen LogP contribution < -0.4 is 9.62 Å². The van der Waals surface area contributed by atoms with Crippen molar-refractivity contribution in [1.82, 2.24) is 14.7 Å². The van der Waals surface area contributed by atoms with E-state index >= 15 is 0 Å². The maximum absolute atomic E-state index is 11.6. The maximum atomic E-state index is 11.6. The summed E-state index contributed by atoms with van der Waals surface area (Å²) in [7, 11) is -3.23. The van der Waals surface area contributed by atoms with E-state index in [9.17, 15) is 8.42 Å². The molecule has 0 saturated carbocycles. The Morgan fingerprint density at radius 2 is 1.95 bits per heavy atom. The Bertz CT molecular complexity index is 600. The number of hydrogen-bond acceptors (Lipinski definition) is 6. The number of sulfonamides is 1. The Kier molecular flexibility index (Phi) is 4.33. The zero-order valence-corrected chi connectivity index (χ0v) is 13.6. The molecule has 1 N–H and O–H groups in total.